The fraction of sp³-hybridized carbons (Fsp3) is 0.533. The molecule has 1 heterocycles. The summed E-state index contributed by atoms with van der Waals surface area (Å²) in [5.74, 6) is 0.893. The molecule has 1 amide bonds. The average Bonchev–Trinajstić information content (AvgIpc) is 2.38. The van der Waals surface area contributed by atoms with Gasteiger partial charge in [0.1, 0.15) is 11.9 Å². The van der Waals surface area contributed by atoms with Crippen LogP contribution in [0.2, 0.25) is 0 Å². The van der Waals surface area contributed by atoms with Crippen LogP contribution in [0.5, 0.6) is 0 Å². The van der Waals surface area contributed by atoms with Gasteiger partial charge in [-0.15, -0.1) is 0 Å². The Bertz CT molecular complexity index is 463. The lowest BCUT2D eigenvalue weighted by molar-refractivity contribution is -0.117. The number of pyridine rings is 1. The minimum absolute atomic E-state index is 0.140. The number of nitriles is 1. The van der Waals surface area contributed by atoms with Gasteiger partial charge in [-0.1, -0.05) is 13.8 Å². The number of nitrogens with zero attached hydrogens (tertiary/aromatic N) is 2. The Morgan fingerprint density at radius 1 is 1.45 bits per heavy atom. The van der Waals surface area contributed by atoms with E-state index < -0.39 is 0 Å². The first kappa shape index (κ1) is 16.1. The van der Waals surface area contributed by atoms with Crippen molar-refractivity contribution in [1.82, 2.24) is 4.98 Å². The van der Waals surface area contributed by atoms with E-state index in [1.54, 1.807) is 12.1 Å². The van der Waals surface area contributed by atoms with E-state index in [0.717, 1.165) is 6.42 Å². The summed E-state index contributed by atoms with van der Waals surface area (Å²) < 4.78 is 5.57. The molecule has 5 nitrogen and oxygen atoms in total. The maximum atomic E-state index is 11.7. The van der Waals surface area contributed by atoms with Gasteiger partial charge in [-0.05, 0) is 31.4 Å². The van der Waals surface area contributed by atoms with Gasteiger partial charge in [-0.25, -0.2) is 4.98 Å². The molecule has 1 unspecified atom stereocenters. The van der Waals surface area contributed by atoms with Crippen LogP contribution in [0.1, 0.15) is 39.2 Å². The van der Waals surface area contributed by atoms with Gasteiger partial charge < -0.3 is 10.1 Å². The molecule has 1 atom stereocenters. The number of amides is 1. The summed E-state index contributed by atoms with van der Waals surface area (Å²) in [5, 5.41) is 11.3. The van der Waals surface area contributed by atoms with Gasteiger partial charge >= 0.3 is 0 Å². The Balaban J connectivity index is 2.28. The number of hydrogen-bond acceptors (Lipinski definition) is 4. The summed E-state index contributed by atoms with van der Waals surface area (Å²) in [6.07, 6.45) is 2.87. The van der Waals surface area contributed by atoms with Crippen molar-refractivity contribution in [2.75, 3.05) is 11.9 Å². The maximum Gasteiger partial charge on any atom is 0.227 e. The van der Waals surface area contributed by atoms with Crippen molar-refractivity contribution in [2.24, 2.45) is 5.92 Å². The van der Waals surface area contributed by atoms with Crippen molar-refractivity contribution in [3.05, 3.63) is 23.9 Å². The third kappa shape index (κ3) is 6.30. The number of carbonyl (C=O) groups is 1. The third-order valence-electron chi connectivity index (χ3n) is 2.69. The number of carbonyl (C=O) groups excluding carboxylic acids is 1. The molecule has 0 bridgehead atoms. The van der Waals surface area contributed by atoms with Crippen LogP contribution in [-0.2, 0) is 9.53 Å². The molecule has 1 N–H and O–H groups in total. The highest BCUT2D eigenvalue weighted by atomic mass is 16.5. The van der Waals surface area contributed by atoms with Crippen molar-refractivity contribution in [3.8, 4) is 6.07 Å². The summed E-state index contributed by atoms with van der Waals surface area (Å²) in [4.78, 5) is 15.7. The Morgan fingerprint density at radius 2 is 2.20 bits per heavy atom. The predicted octanol–water partition coefficient (Wildman–Crippen LogP) is 2.73. The first-order valence-corrected chi connectivity index (χ1v) is 6.79. The molecule has 0 aliphatic carbocycles. The fourth-order valence-electron chi connectivity index (χ4n) is 1.82. The van der Waals surface area contributed by atoms with Crippen LogP contribution in [0.4, 0.5) is 5.82 Å². The molecule has 20 heavy (non-hydrogen) atoms. The molecule has 1 aromatic heterocycles. The molecule has 1 aromatic rings. The van der Waals surface area contributed by atoms with Crippen molar-refractivity contribution >= 4 is 11.7 Å². The molecule has 0 saturated carbocycles. The average molecular weight is 275 g/mol. The van der Waals surface area contributed by atoms with Crippen LogP contribution < -0.4 is 5.32 Å². The van der Waals surface area contributed by atoms with E-state index in [9.17, 15) is 4.79 Å². The Labute approximate surface area is 120 Å². The van der Waals surface area contributed by atoms with Crippen molar-refractivity contribution in [2.45, 2.75) is 39.7 Å². The zero-order valence-corrected chi connectivity index (χ0v) is 12.2. The van der Waals surface area contributed by atoms with Gasteiger partial charge in [0.25, 0.3) is 0 Å². The van der Waals surface area contributed by atoms with E-state index in [4.69, 9.17) is 10.00 Å². The maximum absolute atomic E-state index is 11.7. The Kier molecular flexibility index (Phi) is 6.68. The summed E-state index contributed by atoms with van der Waals surface area (Å²) in [6.45, 7) is 6.70. The number of hydrogen-bond donors (Lipinski definition) is 1. The van der Waals surface area contributed by atoms with E-state index >= 15 is 0 Å². The normalized spacial score (nSPS) is 11.9. The highest BCUT2D eigenvalue weighted by molar-refractivity contribution is 5.89. The molecule has 0 saturated heterocycles. The smallest absolute Gasteiger partial charge is 0.227 e. The summed E-state index contributed by atoms with van der Waals surface area (Å²) in [6, 6.07) is 5.20. The molecule has 0 fully saturated rings. The topological polar surface area (TPSA) is 75.0 Å². The number of nitrogens with one attached hydrogen (secondary N) is 1. The van der Waals surface area contributed by atoms with Crippen LogP contribution in [0.3, 0.4) is 0 Å². The standard InChI is InChI=1S/C15H21N3O2/c1-11(2)8-12(3)20-7-6-15(19)18-14-5-4-13(9-16)10-17-14/h4-5,10-12H,6-8H2,1-3H3,(H,17,18,19). The van der Waals surface area contributed by atoms with Crippen LogP contribution in [-0.4, -0.2) is 23.6 Å². The minimum atomic E-state index is -0.140. The molecule has 0 radical (unpaired) electrons. The van der Waals surface area contributed by atoms with Gasteiger partial charge in [-0.3, -0.25) is 4.79 Å². The Hall–Kier alpha value is -1.93. The van der Waals surface area contributed by atoms with Gasteiger partial charge in [0.05, 0.1) is 24.7 Å². The van der Waals surface area contributed by atoms with Crippen LogP contribution in [0, 0.1) is 17.2 Å². The fourth-order valence-corrected chi connectivity index (χ4v) is 1.82. The third-order valence-corrected chi connectivity index (χ3v) is 2.69. The van der Waals surface area contributed by atoms with E-state index in [1.807, 2.05) is 13.0 Å². The molecule has 0 aromatic carbocycles. The number of rotatable bonds is 7. The summed E-state index contributed by atoms with van der Waals surface area (Å²) >= 11 is 0. The first-order valence-electron chi connectivity index (χ1n) is 6.79. The van der Waals surface area contributed by atoms with Gasteiger partial charge in [0.15, 0.2) is 0 Å². The molecule has 108 valence electrons. The molecule has 0 aliphatic rings. The van der Waals surface area contributed by atoms with Crippen LogP contribution >= 0.6 is 0 Å². The highest BCUT2D eigenvalue weighted by Crippen LogP contribution is 2.08. The minimum Gasteiger partial charge on any atom is -0.378 e. The second kappa shape index (κ2) is 8.28. The molecular weight excluding hydrogens is 254 g/mol. The van der Waals surface area contributed by atoms with Crippen LogP contribution in [0.15, 0.2) is 18.3 Å². The highest BCUT2D eigenvalue weighted by Gasteiger charge is 2.08. The number of anilines is 1. The Morgan fingerprint density at radius 3 is 2.75 bits per heavy atom. The van der Waals surface area contributed by atoms with Crippen LogP contribution in [0.25, 0.3) is 0 Å². The lowest BCUT2D eigenvalue weighted by atomic mass is 10.1. The lowest BCUT2D eigenvalue weighted by Crippen LogP contribution is -2.18. The van der Waals surface area contributed by atoms with E-state index in [2.05, 4.69) is 24.1 Å². The zero-order chi connectivity index (χ0) is 15.0. The van der Waals surface area contributed by atoms with Gasteiger partial charge in [0, 0.05) is 6.20 Å². The molecule has 5 heteroatoms. The van der Waals surface area contributed by atoms with E-state index in [0.29, 0.717) is 30.3 Å². The van der Waals surface area contributed by atoms with Crippen molar-refractivity contribution < 1.29 is 9.53 Å². The first-order chi connectivity index (χ1) is 9.51. The van der Waals surface area contributed by atoms with Crippen molar-refractivity contribution in [1.29, 1.82) is 5.26 Å². The largest absolute Gasteiger partial charge is 0.378 e. The van der Waals surface area contributed by atoms with Crippen molar-refractivity contribution in [3.63, 3.8) is 0 Å². The predicted molar refractivity (Wildman–Crippen MR) is 77.1 cm³/mol. The lowest BCUT2D eigenvalue weighted by Gasteiger charge is -2.14. The van der Waals surface area contributed by atoms with Gasteiger partial charge in [-0.2, -0.15) is 5.26 Å². The van der Waals surface area contributed by atoms with Gasteiger partial charge in [0.2, 0.25) is 5.91 Å². The second-order valence-electron chi connectivity index (χ2n) is 5.15. The summed E-state index contributed by atoms with van der Waals surface area (Å²) in [7, 11) is 0. The number of ether oxygens (including phenoxy) is 1. The molecular formula is C15H21N3O2. The quantitative estimate of drug-likeness (QED) is 0.830. The number of aromatic nitrogens is 1. The van der Waals surface area contributed by atoms with E-state index in [-0.39, 0.29) is 12.0 Å². The second-order valence-corrected chi connectivity index (χ2v) is 5.15. The monoisotopic (exact) mass is 275 g/mol. The molecule has 1 rings (SSSR count). The summed E-state index contributed by atoms with van der Waals surface area (Å²) in [5.41, 5.74) is 0.467. The van der Waals surface area contributed by atoms with E-state index in [1.165, 1.54) is 6.20 Å². The molecule has 0 spiro atoms. The SMILES string of the molecule is CC(C)CC(C)OCCC(=O)Nc1ccc(C#N)cn1. The zero-order valence-electron chi connectivity index (χ0n) is 12.2. The molecule has 0 aliphatic heterocycles.